The number of methoxy groups -OCH3 is 1. The zero-order valence-electron chi connectivity index (χ0n) is 10.4. The van der Waals surface area contributed by atoms with Crippen LogP contribution in [0, 0.1) is 0 Å². The lowest BCUT2D eigenvalue weighted by Gasteiger charge is -2.02. The van der Waals surface area contributed by atoms with E-state index in [0.29, 0.717) is 13.2 Å². The second-order valence-electron chi connectivity index (χ2n) is 3.91. The first-order valence-corrected chi connectivity index (χ1v) is 5.64. The Bertz CT molecular complexity index is 485. The lowest BCUT2D eigenvalue weighted by molar-refractivity contribution is 0.185. The molecule has 2 rings (SSSR count). The molecule has 0 atom stereocenters. The molecule has 4 nitrogen and oxygen atoms in total. The Labute approximate surface area is 113 Å². The molecule has 0 saturated carbocycles. The Morgan fingerprint density at radius 2 is 2.17 bits per heavy atom. The summed E-state index contributed by atoms with van der Waals surface area (Å²) in [6.07, 6.45) is 3.88. The van der Waals surface area contributed by atoms with Crippen molar-refractivity contribution in [1.82, 2.24) is 9.78 Å². The van der Waals surface area contributed by atoms with E-state index in [9.17, 15) is 0 Å². The van der Waals surface area contributed by atoms with Gasteiger partial charge in [-0.2, -0.15) is 5.10 Å². The molecule has 0 radical (unpaired) electrons. The van der Waals surface area contributed by atoms with Crippen molar-refractivity contribution in [1.29, 1.82) is 0 Å². The van der Waals surface area contributed by atoms with Crippen molar-refractivity contribution in [2.24, 2.45) is 5.73 Å². The molecule has 0 aliphatic heterocycles. The monoisotopic (exact) mass is 267 g/mol. The third kappa shape index (κ3) is 3.57. The summed E-state index contributed by atoms with van der Waals surface area (Å²) in [6, 6.07) is 8.28. The second-order valence-corrected chi connectivity index (χ2v) is 3.91. The van der Waals surface area contributed by atoms with Crippen LogP contribution < -0.4 is 5.73 Å². The Hall–Kier alpha value is -1.36. The Morgan fingerprint density at radius 3 is 2.89 bits per heavy atom. The summed E-state index contributed by atoms with van der Waals surface area (Å²) >= 11 is 0. The Balaban J connectivity index is 0.00000162. The molecule has 5 heteroatoms. The van der Waals surface area contributed by atoms with Crippen LogP contribution in [-0.4, -0.2) is 23.4 Å². The topological polar surface area (TPSA) is 53.1 Å². The number of rotatable bonds is 5. The molecule has 1 aromatic carbocycles. The highest BCUT2D eigenvalue weighted by Gasteiger charge is 2.02. The quantitative estimate of drug-likeness (QED) is 0.902. The van der Waals surface area contributed by atoms with Crippen LogP contribution in [0.15, 0.2) is 36.7 Å². The van der Waals surface area contributed by atoms with Crippen molar-refractivity contribution >= 4 is 12.4 Å². The first-order chi connectivity index (χ1) is 8.33. The normalized spacial score (nSPS) is 10.1. The summed E-state index contributed by atoms with van der Waals surface area (Å²) in [7, 11) is 1.70. The van der Waals surface area contributed by atoms with E-state index in [4.69, 9.17) is 10.5 Å². The van der Waals surface area contributed by atoms with E-state index < -0.39 is 0 Å². The molecule has 0 fully saturated rings. The molecule has 2 N–H and O–H groups in total. The van der Waals surface area contributed by atoms with Crippen LogP contribution in [0.3, 0.4) is 0 Å². The van der Waals surface area contributed by atoms with E-state index in [-0.39, 0.29) is 12.4 Å². The third-order valence-corrected chi connectivity index (χ3v) is 2.56. The maximum Gasteiger partial charge on any atom is 0.0713 e. The van der Waals surface area contributed by atoms with Crippen molar-refractivity contribution in [3.05, 3.63) is 42.2 Å². The zero-order valence-corrected chi connectivity index (χ0v) is 11.2. The molecule has 1 aromatic heterocycles. The summed E-state index contributed by atoms with van der Waals surface area (Å²) in [4.78, 5) is 0. The summed E-state index contributed by atoms with van der Waals surface area (Å²) in [6.45, 7) is 1.98. The second kappa shape index (κ2) is 7.16. The molecule has 98 valence electrons. The minimum atomic E-state index is 0. The van der Waals surface area contributed by atoms with Gasteiger partial charge < -0.3 is 10.5 Å². The molecule has 0 bridgehead atoms. The van der Waals surface area contributed by atoms with E-state index in [1.807, 2.05) is 23.1 Å². The van der Waals surface area contributed by atoms with Crippen LogP contribution in [0.1, 0.15) is 5.56 Å². The van der Waals surface area contributed by atoms with Gasteiger partial charge in [0.15, 0.2) is 0 Å². The fourth-order valence-electron chi connectivity index (χ4n) is 1.77. The van der Waals surface area contributed by atoms with Crippen molar-refractivity contribution in [3.63, 3.8) is 0 Å². The molecule has 18 heavy (non-hydrogen) atoms. The lowest BCUT2D eigenvalue weighted by Crippen LogP contribution is -2.09. The van der Waals surface area contributed by atoms with Crippen molar-refractivity contribution in [2.45, 2.75) is 13.2 Å². The van der Waals surface area contributed by atoms with Gasteiger partial charge in [0.2, 0.25) is 0 Å². The predicted molar refractivity (Wildman–Crippen MR) is 74.7 cm³/mol. The average Bonchev–Trinajstić information content (AvgIpc) is 2.79. The van der Waals surface area contributed by atoms with Crippen LogP contribution in [-0.2, 0) is 17.9 Å². The van der Waals surface area contributed by atoms with Gasteiger partial charge in [0.1, 0.15) is 0 Å². The fourth-order valence-corrected chi connectivity index (χ4v) is 1.77. The molecular weight excluding hydrogens is 250 g/mol. The van der Waals surface area contributed by atoms with Crippen LogP contribution in [0.5, 0.6) is 0 Å². The highest BCUT2D eigenvalue weighted by atomic mass is 35.5. The lowest BCUT2D eigenvalue weighted by atomic mass is 10.1. The summed E-state index contributed by atoms with van der Waals surface area (Å²) in [5.41, 5.74) is 8.92. The van der Waals surface area contributed by atoms with Gasteiger partial charge in [0.25, 0.3) is 0 Å². The predicted octanol–water partition coefficient (Wildman–Crippen LogP) is 2.08. The molecule has 0 aliphatic rings. The van der Waals surface area contributed by atoms with Crippen LogP contribution in [0.2, 0.25) is 0 Å². The minimum Gasteiger partial charge on any atom is -0.380 e. The van der Waals surface area contributed by atoms with Gasteiger partial charge in [0, 0.05) is 25.4 Å². The van der Waals surface area contributed by atoms with Crippen LogP contribution >= 0.6 is 12.4 Å². The molecule has 2 aromatic rings. The first-order valence-electron chi connectivity index (χ1n) is 5.64. The summed E-state index contributed by atoms with van der Waals surface area (Å²) in [5, 5.41) is 4.26. The largest absolute Gasteiger partial charge is 0.380 e. The van der Waals surface area contributed by atoms with Gasteiger partial charge >= 0.3 is 0 Å². The van der Waals surface area contributed by atoms with E-state index in [1.165, 1.54) is 0 Å². The fraction of sp³-hybridized carbons (Fsp3) is 0.308. The minimum absolute atomic E-state index is 0. The van der Waals surface area contributed by atoms with Crippen molar-refractivity contribution in [2.75, 3.05) is 13.7 Å². The van der Waals surface area contributed by atoms with E-state index >= 15 is 0 Å². The highest BCUT2D eigenvalue weighted by Crippen LogP contribution is 2.20. The molecule has 0 saturated heterocycles. The van der Waals surface area contributed by atoms with E-state index in [2.05, 4.69) is 23.3 Å². The van der Waals surface area contributed by atoms with Crippen molar-refractivity contribution in [3.8, 4) is 11.1 Å². The van der Waals surface area contributed by atoms with Crippen molar-refractivity contribution < 1.29 is 4.74 Å². The number of aromatic nitrogens is 2. The molecule has 0 unspecified atom stereocenters. The smallest absolute Gasteiger partial charge is 0.0713 e. The first kappa shape index (κ1) is 14.7. The van der Waals surface area contributed by atoms with Gasteiger partial charge in [-0.25, -0.2) is 0 Å². The van der Waals surface area contributed by atoms with Gasteiger partial charge in [-0.1, -0.05) is 18.2 Å². The SMILES string of the molecule is COCc1cccc(-c2cnn(CCN)c2)c1.Cl. The molecule has 0 aliphatic carbocycles. The van der Waals surface area contributed by atoms with E-state index in [0.717, 1.165) is 23.2 Å². The third-order valence-electron chi connectivity index (χ3n) is 2.56. The highest BCUT2D eigenvalue weighted by molar-refractivity contribution is 5.85. The number of halogens is 1. The molecule has 0 amide bonds. The number of hydrogen-bond donors (Lipinski definition) is 1. The Morgan fingerprint density at radius 1 is 1.33 bits per heavy atom. The van der Waals surface area contributed by atoms with Crippen LogP contribution in [0.25, 0.3) is 11.1 Å². The van der Waals surface area contributed by atoms with Gasteiger partial charge in [-0.15, -0.1) is 12.4 Å². The number of ether oxygens (including phenoxy) is 1. The maximum absolute atomic E-state index is 5.49. The van der Waals surface area contributed by atoms with E-state index in [1.54, 1.807) is 7.11 Å². The zero-order chi connectivity index (χ0) is 12.1. The Kier molecular flexibility index (Phi) is 5.85. The summed E-state index contributed by atoms with van der Waals surface area (Å²) < 4.78 is 6.98. The standard InChI is InChI=1S/C13H17N3O.ClH/c1-17-10-11-3-2-4-12(7-11)13-8-15-16(9-13)6-5-14;/h2-4,7-9H,5-6,10,14H2,1H3;1H. The number of benzene rings is 1. The molecule has 0 spiro atoms. The van der Waals surface area contributed by atoms with Gasteiger partial charge in [0.05, 0.1) is 19.3 Å². The number of nitrogens with zero attached hydrogens (tertiary/aromatic N) is 2. The van der Waals surface area contributed by atoms with Crippen LogP contribution in [0.4, 0.5) is 0 Å². The van der Waals surface area contributed by atoms with Gasteiger partial charge in [-0.05, 0) is 17.2 Å². The molecular formula is C13H18ClN3O. The average molecular weight is 268 g/mol. The maximum atomic E-state index is 5.49. The number of hydrogen-bond acceptors (Lipinski definition) is 3. The molecule has 1 heterocycles. The van der Waals surface area contributed by atoms with Gasteiger partial charge in [-0.3, -0.25) is 4.68 Å². The summed E-state index contributed by atoms with van der Waals surface area (Å²) in [5.74, 6) is 0. The number of nitrogens with two attached hydrogens (primary N) is 1.